The van der Waals surface area contributed by atoms with Crippen molar-refractivity contribution in [2.24, 2.45) is 0 Å². The van der Waals surface area contributed by atoms with Crippen LogP contribution in [0, 0.1) is 6.92 Å². The predicted octanol–water partition coefficient (Wildman–Crippen LogP) is 2.03. The molecule has 0 aromatic carbocycles. The summed E-state index contributed by atoms with van der Waals surface area (Å²) in [4.78, 5) is 23.2. The normalized spacial score (nSPS) is 10.8. The summed E-state index contributed by atoms with van der Waals surface area (Å²) in [7, 11) is 1.57. The van der Waals surface area contributed by atoms with Gasteiger partial charge in [-0.25, -0.2) is 9.97 Å². The van der Waals surface area contributed by atoms with Gasteiger partial charge in [0.1, 0.15) is 15.3 Å². The van der Waals surface area contributed by atoms with E-state index in [2.05, 4.69) is 30.9 Å². The summed E-state index contributed by atoms with van der Waals surface area (Å²) in [6.07, 6.45) is 0.526. The Kier molecular flexibility index (Phi) is 4.26. The molecule has 96 valence electrons. The van der Waals surface area contributed by atoms with Crippen LogP contribution in [0.1, 0.15) is 22.2 Å². The van der Waals surface area contributed by atoms with Gasteiger partial charge in [0.25, 0.3) is 5.56 Å². The van der Waals surface area contributed by atoms with Gasteiger partial charge in [-0.05, 0) is 22.9 Å². The fourth-order valence-electron chi connectivity index (χ4n) is 1.50. The summed E-state index contributed by atoms with van der Waals surface area (Å²) in [5, 5.41) is 2.91. The van der Waals surface area contributed by atoms with Crippen LogP contribution >= 0.6 is 27.3 Å². The first kappa shape index (κ1) is 13.4. The molecule has 0 radical (unpaired) electrons. The highest BCUT2D eigenvalue weighted by Crippen LogP contribution is 2.14. The van der Waals surface area contributed by atoms with E-state index in [1.54, 1.807) is 18.4 Å². The first-order chi connectivity index (χ1) is 8.60. The van der Waals surface area contributed by atoms with Gasteiger partial charge in [-0.2, -0.15) is 0 Å². The van der Waals surface area contributed by atoms with E-state index in [0.717, 1.165) is 10.7 Å². The maximum absolute atomic E-state index is 11.7. The van der Waals surface area contributed by atoms with Crippen LogP contribution in [0.4, 0.5) is 0 Å². The third-order valence-corrected chi connectivity index (χ3v) is 4.03. The lowest BCUT2D eigenvalue weighted by molar-refractivity contribution is 0.180. The Labute approximate surface area is 116 Å². The molecule has 0 saturated carbocycles. The fraction of sp³-hybridized carbons (Fsp3) is 0.364. The standard InChI is InChI=1S/C11H12BrN3O2S/c1-6-5-18-9(13-6)3-8-14-7(4-17-2)10(12)11(16)15-8/h5H,3-4H2,1-2H3,(H,14,15,16). The number of aryl methyl sites for hydroxylation is 1. The molecule has 0 amide bonds. The molecule has 1 N–H and O–H groups in total. The molecule has 0 aliphatic rings. The molecule has 0 fully saturated rings. The van der Waals surface area contributed by atoms with Crippen LogP contribution in [0.3, 0.4) is 0 Å². The van der Waals surface area contributed by atoms with Gasteiger partial charge in [0.05, 0.1) is 18.7 Å². The van der Waals surface area contributed by atoms with Gasteiger partial charge in [0.15, 0.2) is 0 Å². The van der Waals surface area contributed by atoms with E-state index < -0.39 is 0 Å². The van der Waals surface area contributed by atoms with E-state index in [1.165, 1.54) is 0 Å². The Hall–Kier alpha value is -1.05. The number of aromatic nitrogens is 3. The quantitative estimate of drug-likeness (QED) is 0.931. The van der Waals surface area contributed by atoms with Gasteiger partial charge < -0.3 is 9.72 Å². The van der Waals surface area contributed by atoms with E-state index in [-0.39, 0.29) is 5.56 Å². The number of aromatic amines is 1. The highest BCUT2D eigenvalue weighted by molar-refractivity contribution is 9.10. The minimum Gasteiger partial charge on any atom is -0.378 e. The molecule has 0 atom stereocenters. The molecule has 2 rings (SSSR count). The molecule has 0 unspecified atom stereocenters. The number of hydrogen-bond donors (Lipinski definition) is 1. The second kappa shape index (κ2) is 5.73. The zero-order valence-corrected chi connectivity index (χ0v) is 12.4. The van der Waals surface area contributed by atoms with Crippen molar-refractivity contribution in [1.82, 2.24) is 15.0 Å². The fourth-order valence-corrected chi connectivity index (χ4v) is 2.58. The van der Waals surface area contributed by atoms with E-state index in [1.807, 2.05) is 12.3 Å². The third-order valence-electron chi connectivity index (χ3n) is 2.25. The number of H-pyrrole nitrogens is 1. The summed E-state index contributed by atoms with van der Waals surface area (Å²) in [6.45, 7) is 2.24. The van der Waals surface area contributed by atoms with Crippen molar-refractivity contribution >= 4 is 27.3 Å². The van der Waals surface area contributed by atoms with Crippen molar-refractivity contribution in [2.45, 2.75) is 20.0 Å². The number of rotatable bonds is 4. The summed E-state index contributed by atoms with van der Waals surface area (Å²) in [6, 6.07) is 0. The minimum atomic E-state index is -0.194. The molecular formula is C11H12BrN3O2S. The average Bonchev–Trinajstić information content (AvgIpc) is 2.71. The molecule has 5 nitrogen and oxygen atoms in total. The SMILES string of the molecule is COCc1nc(Cc2nc(C)cs2)[nH]c(=O)c1Br. The van der Waals surface area contributed by atoms with Crippen LogP contribution in [0.5, 0.6) is 0 Å². The van der Waals surface area contributed by atoms with E-state index in [0.29, 0.717) is 29.0 Å². The molecular weight excluding hydrogens is 318 g/mol. The lowest BCUT2D eigenvalue weighted by Crippen LogP contribution is -2.16. The Morgan fingerprint density at radius 3 is 2.89 bits per heavy atom. The third kappa shape index (κ3) is 3.04. The second-order valence-electron chi connectivity index (χ2n) is 3.77. The second-order valence-corrected chi connectivity index (χ2v) is 5.50. The van der Waals surface area contributed by atoms with Gasteiger partial charge in [0, 0.05) is 18.2 Å². The number of ether oxygens (including phenoxy) is 1. The van der Waals surface area contributed by atoms with Crippen LogP contribution in [0.25, 0.3) is 0 Å². The smallest absolute Gasteiger partial charge is 0.265 e. The van der Waals surface area contributed by atoms with Crippen molar-refractivity contribution in [2.75, 3.05) is 7.11 Å². The Morgan fingerprint density at radius 1 is 1.50 bits per heavy atom. The van der Waals surface area contributed by atoms with Crippen LogP contribution in [0.2, 0.25) is 0 Å². The first-order valence-electron chi connectivity index (χ1n) is 5.27. The van der Waals surface area contributed by atoms with Gasteiger partial charge in [-0.1, -0.05) is 0 Å². The summed E-state index contributed by atoms with van der Waals surface area (Å²) in [5.41, 5.74) is 1.39. The molecule has 7 heteroatoms. The average molecular weight is 330 g/mol. The van der Waals surface area contributed by atoms with Crippen molar-refractivity contribution in [3.63, 3.8) is 0 Å². The molecule has 0 saturated heterocycles. The molecule has 2 aromatic heterocycles. The maximum Gasteiger partial charge on any atom is 0.265 e. The Bertz CT molecular complexity index is 609. The van der Waals surface area contributed by atoms with Crippen molar-refractivity contribution in [3.8, 4) is 0 Å². The van der Waals surface area contributed by atoms with Crippen LogP contribution in [-0.4, -0.2) is 22.1 Å². The van der Waals surface area contributed by atoms with E-state index >= 15 is 0 Å². The number of methoxy groups -OCH3 is 1. The van der Waals surface area contributed by atoms with Crippen molar-refractivity contribution < 1.29 is 4.74 Å². The molecule has 2 heterocycles. The van der Waals surface area contributed by atoms with Gasteiger partial charge in [0.2, 0.25) is 0 Å². The molecule has 2 aromatic rings. The maximum atomic E-state index is 11.7. The number of nitrogens with zero attached hydrogens (tertiary/aromatic N) is 2. The Morgan fingerprint density at radius 2 is 2.28 bits per heavy atom. The Balaban J connectivity index is 2.31. The summed E-state index contributed by atoms with van der Waals surface area (Å²) in [5.74, 6) is 0.601. The highest BCUT2D eigenvalue weighted by atomic mass is 79.9. The molecule has 0 aliphatic heterocycles. The topological polar surface area (TPSA) is 67.9 Å². The number of thiazole rings is 1. The molecule has 0 bridgehead atoms. The minimum absolute atomic E-state index is 0.194. The monoisotopic (exact) mass is 329 g/mol. The lowest BCUT2D eigenvalue weighted by atomic mass is 10.3. The van der Waals surface area contributed by atoms with E-state index in [9.17, 15) is 4.79 Å². The zero-order valence-electron chi connectivity index (χ0n) is 9.99. The van der Waals surface area contributed by atoms with E-state index in [4.69, 9.17) is 4.74 Å². The number of nitrogens with one attached hydrogen (secondary N) is 1. The largest absolute Gasteiger partial charge is 0.378 e. The van der Waals surface area contributed by atoms with Gasteiger partial charge >= 0.3 is 0 Å². The molecule has 0 aliphatic carbocycles. The number of hydrogen-bond acceptors (Lipinski definition) is 5. The van der Waals surface area contributed by atoms with Gasteiger partial charge in [-0.15, -0.1) is 11.3 Å². The lowest BCUT2D eigenvalue weighted by Gasteiger charge is -2.04. The van der Waals surface area contributed by atoms with Crippen LogP contribution < -0.4 is 5.56 Å². The zero-order chi connectivity index (χ0) is 13.1. The predicted molar refractivity (Wildman–Crippen MR) is 72.9 cm³/mol. The van der Waals surface area contributed by atoms with Crippen LogP contribution in [-0.2, 0) is 17.8 Å². The molecule has 0 spiro atoms. The van der Waals surface area contributed by atoms with Crippen molar-refractivity contribution in [3.05, 3.63) is 42.4 Å². The number of halogens is 1. The van der Waals surface area contributed by atoms with Crippen molar-refractivity contribution in [1.29, 1.82) is 0 Å². The summed E-state index contributed by atoms with van der Waals surface area (Å²) < 4.78 is 5.43. The van der Waals surface area contributed by atoms with Crippen LogP contribution in [0.15, 0.2) is 14.6 Å². The molecule has 18 heavy (non-hydrogen) atoms. The highest BCUT2D eigenvalue weighted by Gasteiger charge is 2.10. The summed E-state index contributed by atoms with van der Waals surface area (Å²) >= 11 is 4.76. The first-order valence-corrected chi connectivity index (χ1v) is 6.95. The van der Waals surface area contributed by atoms with Gasteiger partial charge in [-0.3, -0.25) is 4.79 Å².